The predicted octanol–water partition coefficient (Wildman–Crippen LogP) is 2.94. The van der Waals surface area contributed by atoms with Gasteiger partial charge in [-0.05, 0) is 29.9 Å². The Morgan fingerprint density at radius 3 is 2.94 bits per heavy atom. The number of pyridine rings is 1. The highest BCUT2D eigenvalue weighted by molar-refractivity contribution is 5.81. The molecule has 1 aromatic heterocycles. The summed E-state index contributed by atoms with van der Waals surface area (Å²) in [6, 6.07) is 8.28. The van der Waals surface area contributed by atoms with Gasteiger partial charge < -0.3 is 5.11 Å². The number of nitrogens with zero attached hydrogens (tertiary/aromatic N) is 1. The zero-order valence-corrected chi connectivity index (χ0v) is 9.56. The van der Waals surface area contributed by atoms with E-state index in [1.165, 1.54) is 10.9 Å². The third-order valence-electron chi connectivity index (χ3n) is 2.80. The van der Waals surface area contributed by atoms with E-state index < -0.39 is 0 Å². The van der Waals surface area contributed by atoms with Gasteiger partial charge in [0.15, 0.2) is 0 Å². The second kappa shape index (κ2) is 5.08. The maximum Gasteiger partial charge on any atom is 0.0580 e. The van der Waals surface area contributed by atoms with Crippen molar-refractivity contribution in [1.82, 2.24) is 4.98 Å². The Morgan fingerprint density at radius 2 is 2.12 bits per heavy atom. The summed E-state index contributed by atoms with van der Waals surface area (Å²) in [6.45, 7) is 2.09. The minimum Gasteiger partial charge on any atom is -0.393 e. The molecule has 84 valence electrons. The molecule has 0 spiro atoms. The lowest BCUT2D eigenvalue weighted by molar-refractivity contribution is 0.164. The zero-order chi connectivity index (χ0) is 11.4. The molecule has 0 amide bonds. The van der Waals surface area contributed by atoms with Gasteiger partial charge in [-0.15, -0.1) is 0 Å². The highest BCUT2D eigenvalue weighted by Gasteiger charge is 2.04. The van der Waals surface area contributed by atoms with Gasteiger partial charge in [0.1, 0.15) is 0 Å². The van der Waals surface area contributed by atoms with E-state index in [4.69, 9.17) is 0 Å². The van der Waals surface area contributed by atoms with Crippen molar-refractivity contribution in [3.8, 4) is 0 Å². The van der Waals surface area contributed by atoms with Crippen LogP contribution in [0.1, 0.15) is 25.3 Å². The number of hydrogen-bond donors (Lipinski definition) is 1. The van der Waals surface area contributed by atoms with E-state index in [1.807, 2.05) is 12.3 Å². The molecule has 0 saturated carbocycles. The van der Waals surface area contributed by atoms with Crippen LogP contribution in [0.25, 0.3) is 10.8 Å². The van der Waals surface area contributed by atoms with Crippen LogP contribution in [0.2, 0.25) is 0 Å². The van der Waals surface area contributed by atoms with Crippen LogP contribution in [0, 0.1) is 0 Å². The summed E-state index contributed by atoms with van der Waals surface area (Å²) in [5.74, 6) is 0. The average molecular weight is 215 g/mol. The van der Waals surface area contributed by atoms with E-state index >= 15 is 0 Å². The van der Waals surface area contributed by atoms with Crippen LogP contribution in [0.15, 0.2) is 36.7 Å². The molecule has 1 N–H and O–H groups in total. The monoisotopic (exact) mass is 215 g/mol. The fraction of sp³-hybridized carbons (Fsp3) is 0.357. The molecular weight excluding hydrogens is 198 g/mol. The lowest BCUT2D eigenvalue weighted by Crippen LogP contribution is -2.09. The summed E-state index contributed by atoms with van der Waals surface area (Å²) in [5.41, 5.74) is 1.19. The van der Waals surface area contributed by atoms with Crippen molar-refractivity contribution in [2.24, 2.45) is 0 Å². The van der Waals surface area contributed by atoms with Crippen LogP contribution in [0.3, 0.4) is 0 Å². The van der Waals surface area contributed by atoms with Crippen LogP contribution in [0.4, 0.5) is 0 Å². The van der Waals surface area contributed by atoms with Crippen molar-refractivity contribution in [2.75, 3.05) is 0 Å². The predicted molar refractivity (Wildman–Crippen MR) is 66.4 cm³/mol. The van der Waals surface area contributed by atoms with E-state index in [9.17, 15) is 5.11 Å². The Balaban J connectivity index is 2.19. The largest absolute Gasteiger partial charge is 0.393 e. The summed E-state index contributed by atoms with van der Waals surface area (Å²) < 4.78 is 0. The molecule has 1 heterocycles. The Hall–Kier alpha value is -1.41. The SMILES string of the molecule is CCCC(O)Cc1ccc2cnccc2c1. The molecule has 1 unspecified atom stereocenters. The summed E-state index contributed by atoms with van der Waals surface area (Å²) in [4.78, 5) is 4.08. The van der Waals surface area contributed by atoms with Gasteiger partial charge in [-0.3, -0.25) is 4.98 Å². The molecule has 2 heteroatoms. The van der Waals surface area contributed by atoms with Crippen molar-refractivity contribution >= 4 is 10.8 Å². The van der Waals surface area contributed by atoms with Crippen molar-refractivity contribution < 1.29 is 5.11 Å². The number of fused-ring (bicyclic) bond motifs is 1. The molecule has 0 aliphatic heterocycles. The fourth-order valence-electron chi connectivity index (χ4n) is 1.97. The van der Waals surface area contributed by atoms with Crippen molar-refractivity contribution in [3.05, 3.63) is 42.2 Å². The number of rotatable bonds is 4. The smallest absolute Gasteiger partial charge is 0.0580 e. The van der Waals surface area contributed by atoms with E-state index in [-0.39, 0.29) is 6.10 Å². The second-order valence-corrected chi connectivity index (χ2v) is 4.20. The first-order valence-electron chi connectivity index (χ1n) is 5.80. The molecule has 0 fully saturated rings. The molecule has 0 aliphatic carbocycles. The number of hydrogen-bond acceptors (Lipinski definition) is 2. The molecule has 0 radical (unpaired) electrons. The van der Waals surface area contributed by atoms with Gasteiger partial charge >= 0.3 is 0 Å². The first-order chi connectivity index (χ1) is 7.79. The minimum atomic E-state index is -0.218. The van der Waals surface area contributed by atoms with Crippen LogP contribution >= 0.6 is 0 Å². The maximum absolute atomic E-state index is 9.76. The van der Waals surface area contributed by atoms with Gasteiger partial charge in [0.25, 0.3) is 0 Å². The Kier molecular flexibility index (Phi) is 3.52. The first-order valence-corrected chi connectivity index (χ1v) is 5.80. The quantitative estimate of drug-likeness (QED) is 0.850. The van der Waals surface area contributed by atoms with Crippen LogP contribution in [-0.4, -0.2) is 16.2 Å². The average Bonchev–Trinajstić information content (AvgIpc) is 2.29. The molecular formula is C14H17NO. The molecule has 1 atom stereocenters. The van der Waals surface area contributed by atoms with Crippen molar-refractivity contribution in [1.29, 1.82) is 0 Å². The van der Waals surface area contributed by atoms with Gasteiger partial charge in [-0.25, -0.2) is 0 Å². The Labute approximate surface area is 96.0 Å². The van der Waals surface area contributed by atoms with Crippen LogP contribution in [0.5, 0.6) is 0 Å². The standard InChI is InChI=1S/C14H17NO/c1-2-3-14(16)9-11-4-5-13-10-15-7-6-12(13)8-11/h4-8,10,14,16H,2-3,9H2,1H3. The summed E-state index contributed by atoms with van der Waals surface area (Å²) in [5, 5.41) is 12.1. The van der Waals surface area contributed by atoms with Gasteiger partial charge in [0.05, 0.1) is 6.10 Å². The topological polar surface area (TPSA) is 33.1 Å². The highest BCUT2D eigenvalue weighted by Crippen LogP contribution is 2.16. The van der Waals surface area contributed by atoms with Crippen molar-refractivity contribution in [2.45, 2.75) is 32.3 Å². The number of aliphatic hydroxyl groups is 1. The number of benzene rings is 1. The Bertz CT molecular complexity index is 467. The molecule has 0 aliphatic rings. The lowest BCUT2D eigenvalue weighted by Gasteiger charge is -2.09. The third kappa shape index (κ3) is 2.58. The second-order valence-electron chi connectivity index (χ2n) is 4.20. The van der Waals surface area contributed by atoms with E-state index in [1.54, 1.807) is 6.20 Å². The van der Waals surface area contributed by atoms with Gasteiger partial charge in [0.2, 0.25) is 0 Å². The number of aliphatic hydroxyl groups excluding tert-OH is 1. The Morgan fingerprint density at radius 1 is 1.25 bits per heavy atom. The lowest BCUT2D eigenvalue weighted by atomic mass is 10.0. The van der Waals surface area contributed by atoms with E-state index in [0.717, 1.165) is 24.6 Å². The summed E-state index contributed by atoms with van der Waals surface area (Å²) in [7, 11) is 0. The fourth-order valence-corrected chi connectivity index (χ4v) is 1.97. The van der Waals surface area contributed by atoms with Crippen molar-refractivity contribution in [3.63, 3.8) is 0 Å². The molecule has 0 saturated heterocycles. The third-order valence-corrected chi connectivity index (χ3v) is 2.80. The van der Waals surface area contributed by atoms with E-state index in [0.29, 0.717) is 0 Å². The number of aromatic nitrogens is 1. The molecule has 2 rings (SSSR count). The van der Waals surface area contributed by atoms with Gasteiger partial charge in [0, 0.05) is 17.8 Å². The molecule has 0 bridgehead atoms. The first kappa shape index (κ1) is 11.1. The molecule has 2 aromatic rings. The molecule has 1 aromatic carbocycles. The molecule has 16 heavy (non-hydrogen) atoms. The van der Waals surface area contributed by atoms with Gasteiger partial charge in [-0.1, -0.05) is 31.5 Å². The minimum absolute atomic E-state index is 0.218. The molecule has 2 nitrogen and oxygen atoms in total. The summed E-state index contributed by atoms with van der Waals surface area (Å²) in [6.07, 6.45) is 6.08. The van der Waals surface area contributed by atoms with E-state index in [2.05, 4.69) is 30.1 Å². The van der Waals surface area contributed by atoms with Crippen LogP contribution < -0.4 is 0 Å². The zero-order valence-electron chi connectivity index (χ0n) is 9.56. The maximum atomic E-state index is 9.76. The van der Waals surface area contributed by atoms with Crippen LogP contribution in [-0.2, 0) is 6.42 Å². The highest BCUT2D eigenvalue weighted by atomic mass is 16.3. The normalized spacial score (nSPS) is 12.9. The van der Waals surface area contributed by atoms with Gasteiger partial charge in [-0.2, -0.15) is 0 Å². The summed E-state index contributed by atoms with van der Waals surface area (Å²) >= 11 is 0.